The average molecular weight is 568 g/mol. The summed E-state index contributed by atoms with van der Waals surface area (Å²) < 4.78 is 45.6. The van der Waals surface area contributed by atoms with Gasteiger partial charge in [0.15, 0.2) is 0 Å². The molecule has 41 heavy (non-hydrogen) atoms. The predicted octanol–water partition coefficient (Wildman–Crippen LogP) is 5.31. The molecule has 1 aliphatic rings. The van der Waals surface area contributed by atoms with E-state index in [9.17, 15) is 38.1 Å². The number of nitrogens with one attached hydrogen (secondary N) is 1. The van der Waals surface area contributed by atoms with Gasteiger partial charge in [-0.15, -0.1) is 0 Å². The van der Waals surface area contributed by atoms with Gasteiger partial charge >= 0.3 is 18.2 Å². The number of halogens is 3. The van der Waals surface area contributed by atoms with Crippen LogP contribution in [0.5, 0.6) is 0 Å². The van der Waals surface area contributed by atoms with Crippen LogP contribution in [0.3, 0.4) is 0 Å². The zero-order valence-corrected chi connectivity index (χ0v) is 23.1. The van der Waals surface area contributed by atoms with E-state index in [2.05, 4.69) is 11.4 Å². The van der Waals surface area contributed by atoms with Crippen LogP contribution in [0.25, 0.3) is 0 Å². The van der Waals surface area contributed by atoms with Gasteiger partial charge in [0, 0.05) is 24.9 Å². The maximum absolute atomic E-state index is 13.7. The Labute approximate surface area is 235 Å². The lowest BCUT2D eigenvalue weighted by atomic mass is 9.88. The van der Waals surface area contributed by atoms with E-state index >= 15 is 0 Å². The first-order valence-corrected chi connectivity index (χ1v) is 12.5. The summed E-state index contributed by atoms with van der Waals surface area (Å²) in [5, 5.41) is 21.5. The molecule has 0 bridgehead atoms. The van der Waals surface area contributed by atoms with E-state index in [-0.39, 0.29) is 46.8 Å². The van der Waals surface area contributed by atoms with Crippen LogP contribution in [0.15, 0.2) is 53.7 Å². The van der Waals surface area contributed by atoms with Crippen LogP contribution in [-0.2, 0) is 15.7 Å². The molecule has 1 unspecified atom stereocenters. The molecule has 3 amide bonds. The smallest absolute Gasteiger partial charge is 0.416 e. The Morgan fingerprint density at radius 1 is 1.12 bits per heavy atom. The van der Waals surface area contributed by atoms with Gasteiger partial charge in [0.25, 0.3) is 5.91 Å². The molecule has 0 saturated heterocycles. The number of carbonyl (C=O) groups excluding carboxylic acids is 3. The molecule has 2 aromatic carbocycles. The second-order valence-electron chi connectivity index (χ2n) is 9.99. The molecule has 0 aromatic heterocycles. The highest BCUT2D eigenvalue weighted by atomic mass is 19.4. The fraction of sp³-hybridized carbons (Fsp3) is 0.345. The van der Waals surface area contributed by atoms with Gasteiger partial charge < -0.3 is 15.0 Å². The molecule has 0 saturated carbocycles. The van der Waals surface area contributed by atoms with Gasteiger partial charge in [-0.3, -0.25) is 9.69 Å². The fourth-order valence-corrected chi connectivity index (χ4v) is 4.38. The number of benzene rings is 2. The third-order valence-electron chi connectivity index (χ3n) is 6.52. The number of nitrogens with zero attached hydrogens (tertiary/aromatic N) is 4. The third-order valence-corrected chi connectivity index (χ3v) is 6.52. The van der Waals surface area contributed by atoms with E-state index in [1.54, 1.807) is 20.8 Å². The van der Waals surface area contributed by atoms with Crippen molar-refractivity contribution in [1.29, 1.82) is 10.5 Å². The van der Waals surface area contributed by atoms with Crippen molar-refractivity contribution in [1.82, 2.24) is 10.2 Å². The van der Waals surface area contributed by atoms with Crippen molar-refractivity contribution in [3.8, 4) is 12.1 Å². The number of urea groups is 1. The van der Waals surface area contributed by atoms with E-state index in [1.807, 2.05) is 6.07 Å². The van der Waals surface area contributed by atoms with Gasteiger partial charge in [-0.25, -0.2) is 9.59 Å². The Balaban J connectivity index is 2.25. The molecule has 0 spiro atoms. The number of esters is 1. The van der Waals surface area contributed by atoms with Gasteiger partial charge in [-0.2, -0.15) is 23.7 Å². The summed E-state index contributed by atoms with van der Waals surface area (Å²) in [6.45, 7) is 6.17. The molecule has 1 N–H and O–H groups in total. The second-order valence-corrected chi connectivity index (χ2v) is 9.99. The summed E-state index contributed by atoms with van der Waals surface area (Å²) in [7, 11) is 1.35. The minimum atomic E-state index is -4.67. The molecule has 0 aliphatic carbocycles. The molecule has 1 aliphatic heterocycles. The van der Waals surface area contributed by atoms with Gasteiger partial charge in [-0.05, 0) is 63.6 Å². The molecule has 12 heteroatoms. The quantitative estimate of drug-likeness (QED) is 0.452. The Morgan fingerprint density at radius 2 is 1.80 bits per heavy atom. The maximum atomic E-state index is 13.7. The van der Waals surface area contributed by atoms with E-state index < -0.39 is 41.1 Å². The number of rotatable bonds is 7. The zero-order valence-electron chi connectivity index (χ0n) is 23.1. The molecule has 1 atom stereocenters. The van der Waals surface area contributed by atoms with Crippen LogP contribution in [0.2, 0.25) is 0 Å². The van der Waals surface area contributed by atoms with Crippen LogP contribution in [0.4, 0.5) is 23.7 Å². The highest BCUT2D eigenvalue weighted by molar-refractivity contribution is 6.04. The number of likely N-dealkylation sites (N-methyl/N-ethyl adjacent to an activating group) is 1. The van der Waals surface area contributed by atoms with E-state index in [0.717, 1.165) is 28.0 Å². The van der Waals surface area contributed by atoms with Crippen molar-refractivity contribution >= 4 is 23.6 Å². The molecule has 0 fully saturated rings. The number of carbonyl (C=O) groups is 3. The number of nitriles is 2. The maximum Gasteiger partial charge on any atom is 0.416 e. The van der Waals surface area contributed by atoms with Gasteiger partial charge in [0.1, 0.15) is 0 Å². The highest BCUT2D eigenvalue weighted by Gasteiger charge is 2.43. The summed E-state index contributed by atoms with van der Waals surface area (Å²) in [6, 6.07) is 10.4. The Kier molecular flexibility index (Phi) is 8.78. The molecule has 0 radical (unpaired) electrons. The van der Waals surface area contributed by atoms with Gasteiger partial charge in [0.05, 0.1) is 52.6 Å². The Morgan fingerprint density at radius 3 is 2.39 bits per heavy atom. The molecule has 9 nitrogen and oxygen atoms in total. The van der Waals surface area contributed by atoms with Crippen LogP contribution >= 0.6 is 0 Å². The lowest BCUT2D eigenvalue weighted by Crippen LogP contribution is -2.49. The van der Waals surface area contributed by atoms with Crippen LogP contribution < -0.4 is 10.2 Å². The standard InChI is InChI=1S/C29H28F3N5O4/c1-6-41-26(39)23-17(2)37(20-9-7-8-19(13-20)29(30,31)32)27(40)36(5)24(23)21-11-10-18(14-33)12-22(21)25(38)35-16-28(3,4)15-34/h7-13,24H,6,16H2,1-5H3,(H,35,38). The van der Waals surface area contributed by atoms with Crippen molar-refractivity contribution in [3.05, 3.63) is 76.0 Å². The Bertz CT molecular complexity index is 1500. The molecule has 3 rings (SSSR count). The first-order chi connectivity index (χ1) is 19.2. The van der Waals surface area contributed by atoms with Crippen molar-refractivity contribution < 1.29 is 32.3 Å². The summed E-state index contributed by atoms with van der Waals surface area (Å²) in [5.41, 5.74) is -1.79. The molecule has 214 valence electrons. The first kappa shape index (κ1) is 30.7. The molecular formula is C29H28F3N5O4. The van der Waals surface area contributed by atoms with E-state index in [4.69, 9.17) is 4.74 Å². The Hall–Kier alpha value is -4.84. The second kappa shape index (κ2) is 11.7. The van der Waals surface area contributed by atoms with Crippen LogP contribution in [0.1, 0.15) is 60.8 Å². The highest BCUT2D eigenvalue weighted by Crippen LogP contribution is 2.41. The van der Waals surface area contributed by atoms with Crippen molar-refractivity contribution in [2.24, 2.45) is 5.41 Å². The molecule has 1 heterocycles. The van der Waals surface area contributed by atoms with Crippen LogP contribution in [0, 0.1) is 28.1 Å². The van der Waals surface area contributed by atoms with Gasteiger partial charge in [0.2, 0.25) is 0 Å². The number of hydrogen-bond donors (Lipinski definition) is 1. The largest absolute Gasteiger partial charge is 0.463 e. The minimum Gasteiger partial charge on any atom is -0.463 e. The average Bonchev–Trinajstić information content (AvgIpc) is 2.93. The first-order valence-electron chi connectivity index (χ1n) is 12.5. The normalized spacial score (nSPS) is 15.8. The SMILES string of the molecule is CCOC(=O)C1=C(C)N(c2cccc(C(F)(F)F)c2)C(=O)N(C)C1c1ccc(C#N)cc1C(=O)NCC(C)(C)C#N. The summed E-state index contributed by atoms with van der Waals surface area (Å²) in [6.07, 6.45) is -4.67. The number of hydrogen-bond acceptors (Lipinski definition) is 6. The van der Waals surface area contributed by atoms with Crippen molar-refractivity contribution in [3.63, 3.8) is 0 Å². The lowest BCUT2D eigenvalue weighted by Gasteiger charge is -2.41. The van der Waals surface area contributed by atoms with Gasteiger partial charge in [-0.1, -0.05) is 12.1 Å². The van der Waals surface area contributed by atoms with Crippen molar-refractivity contribution in [2.75, 3.05) is 25.1 Å². The minimum absolute atomic E-state index is 0.0113. The third kappa shape index (κ3) is 6.33. The summed E-state index contributed by atoms with van der Waals surface area (Å²) in [4.78, 5) is 42.5. The summed E-state index contributed by atoms with van der Waals surface area (Å²) >= 11 is 0. The topological polar surface area (TPSA) is 127 Å². The number of alkyl halides is 3. The van der Waals surface area contributed by atoms with E-state index in [1.165, 1.54) is 38.2 Å². The number of anilines is 1. The van der Waals surface area contributed by atoms with Crippen molar-refractivity contribution in [2.45, 2.75) is 39.9 Å². The van der Waals surface area contributed by atoms with Crippen LogP contribution in [-0.4, -0.2) is 43.0 Å². The number of allylic oxidation sites excluding steroid dienone is 1. The molecular weight excluding hydrogens is 539 g/mol. The summed E-state index contributed by atoms with van der Waals surface area (Å²) in [5.74, 6) is -1.49. The zero-order chi connectivity index (χ0) is 30.7. The number of amides is 3. The molecule has 2 aromatic rings. The predicted molar refractivity (Wildman–Crippen MR) is 142 cm³/mol. The fourth-order valence-electron chi connectivity index (χ4n) is 4.38. The monoisotopic (exact) mass is 567 g/mol. The number of ether oxygens (including phenoxy) is 1. The lowest BCUT2D eigenvalue weighted by molar-refractivity contribution is -0.139. The van der Waals surface area contributed by atoms with E-state index in [0.29, 0.717) is 0 Å².